The van der Waals surface area contributed by atoms with E-state index < -0.39 is 0 Å². The topological polar surface area (TPSA) is 61.3 Å². The fraction of sp³-hybridized carbons (Fsp3) is 0.455. The molecule has 4 N–H and O–H groups in total. The average Bonchev–Trinajstić information content (AvgIpc) is 2.15. The Bertz CT molecular complexity index is 323. The quantitative estimate of drug-likeness (QED) is 0.761. The number of methoxy groups -OCH3 is 1. The monoisotopic (exact) mass is 194 g/mol. The van der Waals surface area contributed by atoms with Gasteiger partial charge in [0.2, 0.25) is 0 Å². The standard InChI is InChI=1S/C11H18N2O/c1-7-4-8(2)11(9(13)6-12)10(5-7)14-3/h4-5,9H,6,12-13H2,1-3H3/t9-/m1/s1. The minimum absolute atomic E-state index is 0.148. The maximum atomic E-state index is 5.92. The van der Waals surface area contributed by atoms with Gasteiger partial charge in [0.05, 0.1) is 7.11 Å². The molecular weight excluding hydrogens is 176 g/mol. The summed E-state index contributed by atoms with van der Waals surface area (Å²) in [5.74, 6) is 0.834. The van der Waals surface area contributed by atoms with Crippen molar-refractivity contribution in [2.45, 2.75) is 19.9 Å². The van der Waals surface area contributed by atoms with Gasteiger partial charge < -0.3 is 16.2 Å². The van der Waals surface area contributed by atoms with Crippen LogP contribution in [0, 0.1) is 13.8 Å². The van der Waals surface area contributed by atoms with E-state index in [-0.39, 0.29) is 6.04 Å². The first-order valence-electron chi connectivity index (χ1n) is 4.71. The van der Waals surface area contributed by atoms with Gasteiger partial charge in [-0.1, -0.05) is 6.07 Å². The van der Waals surface area contributed by atoms with Crippen LogP contribution in [0.4, 0.5) is 0 Å². The molecule has 0 radical (unpaired) electrons. The molecule has 0 amide bonds. The highest BCUT2D eigenvalue weighted by molar-refractivity contribution is 5.45. The molecule has 3 nitrogen and oxygen atoms in total. The Morgan fingerprint density at radius 1 is 1.36 bits per heavy atom. The predicted octanol–water partition coefficient (Wildman–Crippen LogP) is 1.27. The largest absolute Gasteiger partial charge is 0.496 e. The van der Waals surface area contributed by atoms with Gasteiger partial charge >= 0.3 is 0 Å². The van der Waals surface area contributed by atoms with Crippen LogP contribution >= 0.6 is 0 Å². The Kier molecular flexibility index (Phi) is 3.49. The Labute approximate surface area is 85.0 Å². The van der Waals surface area contributed by atoms with Crippen molar-refractivity contribution in [2.24, 2.45) is 11.5 Å². The van der Waals surface area contributed by atoms with Gasteiger partial charge in [-0.3, -0.25) is 0 Å². The number of benzene rings is 1. The van der Waals surface area contributed by atoms with Crippen molar-refractivity contribution in [1.29, 1.82) is 0 Å². The summed E-state index contributed by atoms with van der Waals surface area (Å²) in [4.78, 5) is 0. The zero-order valence-electron chi connectivity index (χ0n) is 9.00. The number of nitrogens with two attached hydrogens (primary N) is 2. The summed E-state index contributed by atoms with van der Waals surface area (Å²) < 4.78 is 5.29. The second-order valence-electron chi connectivity index (χ2n) is 3.54. The molecule has 3 heteroatoms. The lowest BCUT2D eigenvalue weighted by molar-refractivity contribution is 0.405. The smallest absolute Gasteiger partial charge is 0.124 e. The lowest BCUT2D eigenvalue weighted by Crippen LogP contribution is -2.22. The third-order valence-corrected chi connectivity index (χ3v) is 2.34. The van der Waals surface area contributed by atoms with Gasteiger partial charge in [-0.05, 0) is 31.0 Å². The molecule has 1 rings (SSSR count). The van der Waals surface area contributed by atoms with E-state index in [2.05, 4.69) is 6.07 Å². The average molecular weight is 194 g/mol. The molecule has 78 valence electrons. The van der Waals surface area contributed by atoms with Crippen molar-refractivity contribution in [3.8, 4) is 5.75 Å². The summed E-state index contributed by atoms with van der Waals surface area (Å²) >= 11 is 0. The van der Waals surface area contributed by atoms with Crippen LogP contribution in [0.15, 0.2) is 12.1 Å². The number of ether oxygens (including phenoxy) is 1. The maximum absolute atomic E-state index is 5.92. The highest BCUT2D eigenvalue weighted by atomic mass is 16.5. The predicted molar refractivity (Wildman–Crippen MR) is 58.5 cm³/mol. The number of hydrogen-bond acceptors (Lipinski definition) is 3. The fourth-order valence-electron chi connectivity index (χ4n) is 1.70. The minimum Gasteiger partial charge on any atom is -0.496 e. The van der Waals surface area contributed by atoms with E-state index >= 15 is 0 Å². The molecule has 0 aliphatic heterocycles. The van der Waals surface area contributed by atoms with Gasteiger partial charge in [-0.25, -0.2) is 0 Å². The molecular formula is C11H18N2O. The van der Waals surface area contributed by atoms with Crippen LogP contribution in [0.25, 0.3) is 0 Å². The van der Waals surface area contributed by atoms with Gasteiger partial charge in [0.1, 0.15) is 5.75 Å². The summed E-state index contributed by atoms with van der Waals surface area (Å²) in [6, 6.07) is 3.93. The molecule has 0 unspecified atom stereocenters. The van der Waals surface area contributed by atoms with Crippen LogP contribution in [-0.4, -0.2) is 13.7 Å². The molecule has 0 saturated heterocycles. The lowest BCUT2D eigenvalue weighted by Gasteiger charge is -2.17. The minimum atomic E-state index is -0.148. The second-order valence-corrected chi connectivity index (χ2v) is 3.54. The van der Waals surface area contributed by atoms with E-state index in [9.17, 15) is 0 Å². The van der Waals surface area contributed by atoms with Crippen LogP contribution in [-0.2, 0) is 0 Å². The van der Waals surface area contributed by atoms with Gasteiger partial charge in [0.15, 0.2) is 0 Å². The van der Waals surface area contributed by atoms with E-state index in [1.807, 2.05) is 19.9 Å². The molecule has 14 heavy (non-hydrogen) atoms. The van der Waals surface area contributed by atoms with Gasteiger partial charge in [-0.15, -0.1) is 0 Å². The van der Waals surface area contributed by atoms with Crippen molar-refractivity contribution in [2.75, 3.05) is 13.7 Å². The molecule has 0 saturated carbocycles. The van der Waals surface area contributed by atoms with E-state index in [0.717, 1.165) is 16.9 Å². The van der Waals surface area contributed by atoms with Crippen molar-refractivity contribution < 1.29 is 4.74 Å². The molecule has 0 heterocycles. The van der Waals surface area contributed by atoms with Gasteiger partial charge in [0.25, 0.3) is 0 Å². The first-order chi connectivity index (χ1) is 6.60. The lowest BCUT2D eigenvalue weighted by atomic mass is 9.98. The Morgan fingerprint density at radius 3 is 2.50 bits per heavy atom. The van der Waals surface area contributed by atoms with Crippen LogP contribution in [0.5, 0.6) is 5.75 Å². The summed E-state index contributed by atoms with van der Waals surface area (Å²) in [6.45, 7) is 4.49. The first kappa shape index (κ1) is 11.0. The van der Waals surface area contributed by atoms with Crippen molar-refractivity contribution in [3.63, 3.8) is 0 Å². The number of aryl methyl sites for hydroxylation is 2. The Morgan fingerprint density at radius 2 is 2.00 bits per heavy atom. The highest BCUT2D eigenvalue weighted by Gasteiger charge is 2.13. The Hall–Kier alpha value is -1.06. The van der Waals surface area contributed by atoms with Crippen molar-refractivity contribution in [1.82, 2.24) is 0 Å². The summed E-state index contributed by atoms with van der Waals surface area (Å²) in [7, 11) is 1.65. The van der Waals surface area contributed by atoms with Crippen LogP contribution in [0.1, 0.15) is 22.7 Å². The zero-order chi connectivity index (χ0) is 10.7. The zero-order valence-corrected chi connectivity index (χ0v) is 9.00. The third-order valence-electron chi connectivity index (χ3n) is 2.34. The summed E-state index contributed by atoms with van der Waals surface area (Å²) in [6.07, 6.45) is 0. The van der Waals surface area contributed by atoms with Crippen molar-refractivity contribution >= 4 is 0 Å². The Balaban J connectivity index is 3.24. The molecule has 0 bridgehead atoms. The fourth-order valence-corrected chi connectivity index (χ4v) is 1.70. The van der Waals surface area contributed by atoms with E-state index in [1.54, 1.807) is 7.11 Å². The molecule has 0 aromatic heterocycles. The molecule has 1 aromatic carbocycles. The first-order valence-corrected chi connectivity index (χ1v) is 4.71. The van der Waals surface area contributed by atoms with Crippen LogP contribution in [0.3, 0.4) is 0 Å². The third kappa shape index (κ3) is 2.05. The summed E-state index contributed by atoms with van der Waals surface area (Å²) in [5, 5.41) is 0. The van der Waals surface area contributed by atoms with Gasteiger partial charge in [0, 0.05) is 18.2 Å². The van der Waals surface area contributed by atoms with E-state index in [4.69, 9.17) is 16.2 Å². The van der Waals surface area contributed by atoms with Gasteiger partial charge in [-0.2, -0.15) is 0 Å². The molecule has 0 aliphatic carbocycles. The second kappa shape index (κ2) is 4.44. The van der Waals surface area contributed by atoms with E-state index in [1.165, 1.54) is 5.56 Å². The van der Waals surface area contributed by atoms with Crippen molar-refractivity contribution in [3.05, 3.63) is 28.8 Å². The maximum Gasteiger partial charge on any atom is 0.124 e. The molecule has 0 fully saturated rings. The van der Waals surface area contributed by atoms with E-state index in [0.29, 0.717) is 6.54 Å². The normalized spacial score (nSPS) is 12.6. The highest BCUT2D eigenvalue weighted by Crippen LogP contribution is 2.28. The number of rotatable bonds is 3. The van der Waals surface area contributed by atoms with Crippen LogP contribution in [0.2, 0.25) is 0 Å². The van der Waals surface area contributed by atoms with Crippen LogP contribution < -0.4 is 16.2 Å². The molecule has 0 aliphatic rings. The SMILES string of the molecule is COc1cc(C)cc(C)c1[C@H](N)CN. The molecule has 0 spiro atoms. The summed E-state index contributed by atoms with van der Waals surface area (Å²) in [5.41, 5.74) is 14.8. The number of hydrogen-bond donors (Lipinski definition) is 2. The molecule has 1 aromatic rings. The molecule has 1 atom stereocenters.